The summed E-state index contributed by atoms with van der Waals surface area (Å²) < 4.78 is 12.8. The number of Topliss-reactive ketones (excluding diaryl/α,β-unsaturated/α-hetero) is 1. The van der Waals surface area contributed by atoms with E-state index >= 15 is 0 Å². The van der Waals surface area contributed by atoms with E-state index in [-0.39, 0.29) is 18.1 Å². The number of halogens is 1. The maximum Gasteiger partial charge on any atom is 0.182 e. The number of nitriles is 1. The number of anilines is 1. The molecular formula is C16H13FN2O. The molecule has 2 aromatic carbocycles. The second-order valence-electron chi connectivity index (χ2n) is 4.42. The average Bonchev–Trinajstić information content (AvgIpc) is 2.47. The van der Waals surface area contributed by atoms with Crippen LogP contribution in [0.25, 0.3) is 0 Å². The third-order valence-corrected chi connectivity index (χ3v) is 2.98. The Balaban J connectivity index is 2.15. The Morgan fingerprint density at radius 3 is 2.50 bits per heavy atom. The lowest BCUT2D eigenvalue weighted by atomic mass is 10.1. The highest BCUT2D eigenvalue weighted by molar-refractivity contribution is 5.99. The van der Waals surface area contributed by atoms with Gasteiger partial charge in [-0.15, -0.1) is 0 Å². The molecule has 4 heteroatoms. The second-order valence-corrected chi connectivity index (χ2v) is 4.42. The van der Waals surface area contributed by atoms with Crippen molar-refractivity contribution >= 4 is 11.5 Å². The molecule has 0 aliphatic heterocycles. The van der Waals surface area contributed by atoms with Gasteiger partial charge in [-0.3, -0.25) is 4.79 Å². The zero-order chi connectivity index (χ0) is 14.5. The number of rotatable bonds is 4. The van der Waals surface area contributed by atoms with Gasteiger partial charge in [-0.2, -0.15) is 5.26 Å². The van der Waals surface area contributed by atoms with Crippen LogP contribution in [0.4, 0.5) is 10.1 Å². The van der Waals surface area contributed by atoms with Gasteiger partial charge in [0, 0.05) is 12.6 Å². The van der Waals surface area contributed by atoms with Gasteiger partial charge in [0.05, 0.1) is 17.8 Å². The SMILES string of the molecule is CN(CC(=O)c1ccc(F)cc1)c1ccccc1C#N. The molecule has 0 spiro atoms. The van der Waals surface area contributed by atoms with E-state index in [4.69, 9.17) is 5.26 Å². The number of hydrogen-bond donors (Lipinski definition) is 0. The van der Waals surface area contributed by atoms with Crippen LogP contribution >= 0.6 is 0 Å². The van der Waals surface area contributed by atoms with Crippen LogP contribution in [0.15, 0.2) is 48.5 Å². The minimum atomic E-state index is -0.371. The molecule has 0 amide bonds. The summed E-state index contributed by atoms with van der Waals surface area (Å²) in [6.45, 7) is 0.129. The fraction of sp³-hybridized carbons (Fsp3) is 0.125. The number of carbonyl (C=O) groups is 1. The van der Waals surface area contributed by atoms with Gasteiger partial charge in [-0.1, -0.05) is 12.1 Å². The maximum atomic E-state index is 12.8. The lowest BCUT2D eigenvalue weighted by molar-refractivity contribution is 0.100. The van der Waals surface area contributed by atoms with Crippen molar-refractivity contribution in [1.82, 2.24) is 0 Å². The van der Waals surface area contributed by atoms with Gasteiger partial charge in [0.25, 0.3) is 0 Å². The van der Waals surface area contributed by atoms with E-state index in [0.29, 0.717) is 16.8 Å². The first-order chi connectivity index (χ1) is 9.61. The number of para-hydroxylation sites is 1. The summed E-state index contributed by atoms with van der Waals surface area (Å²) in [7, 11) is 1.75. The largest absolute Gasteiger partial charge is 0.366 e. The van der Waals surface area contributed by atoms with Crippen LogP contribution in [0.5, 0.6) is 0 Å². The molecule has 0 aliphatic rings. The molecule has 0 aromatic heterocycles. The quantitative estimate of drug-likeness (QED) is 0.801. The van der Waals surface area contributed by atoms with E-state index in [1.54, 1.807) is 30.1 Å². The first-order valence-corrected chi connectivity index (χ1v) is 6.11. The Bertz CT molecular complexity index is 659. The molecule has 0 fully saturated rings. The molecule has 0 radical (unpaired) electrons. The van der Waals surface area contributed by atoms with Gasteiger partial charge >= 0.3 is 0 Å². The molecule has 100 valence electrons. The monoisotopic (exact) mass is 268 g/mol. The third kappa shape index (κ3) is 3.01. The number of hydrogen-bond acceptors (Lipinski definition) is 3. The lowest BCUT2D eigenvalue weighted by Crippen LogP contribution is -2.26. The summed E-state index contributed by atoms with van der Waals surface area (Å²) in [5.41, 5.74) is 1.67. The highest BCUT2D eigenvalue weighted by Gasteiger charge is 2.12. The topological polar surface area (TPSA) is 44.1 Å². The van der Waals surface area contributed by atoms with Crippen LogP contribution in [0.2, 0.25) is 0 Å². The van der Waals surface area contributed by atoms with Crippen molar-refractivity contribution in [2.45, 2.75) is 0 Å². The first kappa shape index (κ1) is 13.8. The van der Waals surface area contributed by atoms with Gasteiger partial charge < -0.3 is 4.90 Å². The van der Waals surface area contributed by atoms with Gasteiger partial charge in [0.1, 0.15) is 11.9 Å². The molecule has 2 aromatic rings. The third-order valence-electron chi connectivity index (χ3n) is 2.98. The number of nitrogens with zero attached hydrogens (tertiary/aromatic N) is 2. The van der Waals surface area contributed by atoms with Crippen molar-refractivity contribution in [1.29, 1.82) is 5.26 Å². The zero-order valence-corrected chi connectivity index (χ0v) is 11.0. The van der Waals surface area contributed by atoms with E-state index < -0.39 is 0 Å². The second kappa shape index (κ2) is 5.98. The molecule has 20 heavy (non-hydrogen) atoms. The molecule has 0 atom stereocenters. The highest BCUT2D eigenvalue weighted by Crippen LogP contribution is 2.18. The molecular weight excluding hydrogens is 255 g/mol. The van der Waals surface area contributed by atoms with Crippen molar-refractivity contribution in [2.75, 3.05) is 18.5 Å². The van der Waals surface area contributed by atoms with Gasteiger partial charge in [0.2, 0.25) is 0 Å². The van der Waals surface area contributed by atoms with E-state index in [9.17, 15) is 9.18 Å². The smallest absolute Gasteiger partial charge is 0.182 e. The maximum absolute atomic E-state index is 12.8. The fourth-order valence-electron chi connectivity index (χ4n) is 1.93. The van der Waals surface area contributed by atoms with Crippen LogP contribution in [0.1, 0.15) is 15.9 Å². The minimum absolute atomic E-state index is 0.125. The first-order valence-electron chi connectivity index (χ1n) is 6.11. The van der Waals surface area contributed by atoms with Crippen molar-refractivity contribution in [3.63, 3.8) is 0 Å². The van der Waals surface area contributed by atoms with Crippen LogP contribution in [-0.4, -0.2) is 19.4 Å². The summed E-state index contributed by atoms with van der Waals surface area (Å²) >= 11 is 0. The van der Waals surface area contributed by atoms with Crippen molar-refractivity contribution in [2.24, 2.45) is 0 Å². The Morgan fingerprint density at radius 2 is 1.85 bits per heavy atom. The van der Waals surface area contributed by atoms with Crippen LogP contribution in [-0.2, 0) is 0 Å². The average molecular weight is 268 g/mol. The lowest BCUT2D eigenvalue weighted by Gasteiger charge is -2.19. The predicted octanol–water partition coefficient (Wildman–Crippen LogP) is 3.02. The van der Waals surface area contributed by atoms with E-state index in [0.717, 1.165) is 0 Å². The molecule has 0 saturated carbocycles. The molecule has 0 saturated heterocycles. The van der Waals surface area contributed by atoms with Gasteiger partial charge in [0.15, 0.2) is 5.78 Å². The van der Waals surface area contributed by atoms with E-state index in [1.807, 2.05) is 6.07 Å². The highest BCUT2D eigenvalue weighted by atomic mass is 19.1. The van der Waals surface area contributed by atoms with Crippen LogP contribution < -0.4 is 4.90 Å². The van der Waals surface area contributed by atoms with Crippen molar-refractivity contribution in [3.05, 3.63) is 65.5 Å². The predicted molar refractivity (Wildman–Crippen MR) is 75.2 cm³/mol. The number of ketones is 1. The molecule has 0 unspecified atom stereocenters. The van der Waals surface area contributed by atoms with E-state index in [1.165, 1.54) is 24.3 Å². The number of likely N-dealkylation sites (N-methyl/N-ethyl adjacent to an activating group) is 1. The Labute approximate surface area is 116 Å². The Kier molecular flexibility index (Phi) is 4.11. The Morgan fingerprint density at radius 1 is 1.20 bits per heavy atom. The number of carbonyl (C=O) groups excluding carboxylic acids is 1. The molecule has 0 N–H and O–H groups in total. The minimum Gasteiger partial charge on any atom is -0.366 e. The Hall–Kier alpha value is -2.67. The van der Waals surface area contributed by atoms with Gasteiger partial charge in [-0.05, 0) is 36.4 Å². The molecule has 0 heterocycles. The van der Waals surface area contributed by atoms with E-state index in [2.05, 4.69) is 6.07 Å². The summed E-state index contributed by atoms with van der Waals surface area (Å²) in [4.78, 5) is 13.8. The zero-order valence-electron chi connectivity index (χ0n) is 11.0. The standard InChI is InChI=1S/C16H13FN2O/c1-19(15-5-3-2-4-13(15)10-18)11-16(20)12-6-8-14(17)9-7-12/h2-9H,11H2,1H3. The molecule has 0 aliphatic carbocycles. The molecule has 3 nitrogen and oxygen atoms in total. The fourth-order valence-corrected chi connectivity index (χ4v) is 1.93. The summed E-state index contributed by atoms with van der Waals surface area (Å²) in [6.07, 6.45) is 0. The van der Waals surface area contributed by atoms with Crippen LogP contribution in [0.3, 0.4) is 0 Å². The number of benzene rings is 2. The van der Waals surface area contributed by atoms with Crippen molar-refractivity contribution in [3.8, 4) is 6.07 Å². The normalized spacial score (nSPS) is 9.85. The summed E-state index contributed by atoms with van der Waals surface area (Å²) in [5, 5.41) is 9.05. The van der Waals surface area contributed by atoms with Crippen LogP contribution in [0, 0.1) is 17.1 Å². The van der Waals surface area contributed by atoms with Crippen molar-refractivity contribution < 1.29 is 9.18 Å². The summed E-state index contributed by atoms with van der Waals surface area (Å²) in [5.74, 6) is -0.495. The molecule has 2 rings (SSSR count). The molecule has 0 bridgehead atoms. The van der Waals surface area contributed by atoms with Gasteiger partial charge in [-0.25, -0.2) is 4.39 Å². The summed E-state index contributed by atoms with van der Waals surface area (Å²) in [6, 6.07) is 14.6.